The minimum absolute atomic E-state index is 0. The van der Waals surface area contributed by atoms with Gasteiger partial charge in [-0.15, -0.1) is 0 Å². The summed E-state index contributed by atoms with van der Waals surface area (Å²) in [6.45, 7) is 8.12. The smallest absolute Gasteiger partial charge is 0.244 e. The van der Waals surface area contributed by atoms with Crippen LogP contribution in [0.15, 0.2) is 73.8 Å². The van der Waals surface area contributed by atoms with Crippen LogP contribution in [0.4, 0.5) is 0 Å². The summed E-state index contributed by atoms with van der Waals surface area (Å²) in [6.07, 6.45) is 12.9. The summed E-state index contributed by atoms with van der Waals surface area (Å²) < 4.78 is 8.90. The highest BCUT2D eigenvalue weighted by Gasteiger charge is 2.11. The second kappa shape index (κ2) is 13.1. The maximum atomic E-state index is 7.00. The van der Waals surface area contributed by atoms with Crippen molar-refractivity contribution < 1.29 is 62.2 Å². The van der Waals surface area contributed by atoms with E-state index in [9.17, 15) is 0 Å². The van der Waals surface area contributed by atoms with Crippen LogP contribution in [0.3, 0.4) is 0 Å². The molecule has 2 heterocycles. The molecule has 0 amide bonds. The number of benzene rings is 2. The molecule has 0 saturated heterocycles. The van der Waals surface area contributed by atoms with Crippen LogP contribution in [0.5, 0.6) is 0 Å². The molecule has 0 unspecified atom stereocenters. The third kappa shape index (κ3) is 6.27. The summed E-state index contributed by atoms with van der Waals surface area (Å²) in [5.41, 5.74) is 2.72. The Labute approximate surface area is 213 Å². The zero-order chi connectivity index (χ0) is 19.9. The number of imidazole rings is 2. The van der Waals surface area contributed by atoms with E-state index in [1.54, 1.807) is 0 Å². The number of aliphatic hydroxyl groups excluding tert-OH is 1. The molecule has 1 N–H and O–H groups in total. The van der Waals surface area contributed by atoms with Gasteiger partial charge in [-0.05, 0) is 24.6 Å². The van der Waals surface area contributed by atoms with E-state index in [-0.39, 0.29) is 48.0 Å². The summed E-state index contributed by atoms with van der Waals surface area (Å²) in [7, 11) is 1.00. The van der Waals surface area contributed by atoms with E-state index in [4.69, 9.17) is 5.11 Å². The minimum atomic E-state index is 0. The van der Waals surface area contributed by atoms with Gasteiger partial charge in [-0.3, -0.25) is 0 Å². The minimum Gasteiger partial charge on any atom is -1.00 e. The number of fused-ring (bicyclic) bond motifs is 1. The first kappa shape index (κ1) is 26.6. The molecule has 0 saturated carbocycles. The summed E-state index contributed by atoms with van der Waals surface area (Å²) in [5, 5.41) is 9.69. The molecule has 2 aromatic carbocycles. The Morgan fingerprint density at radius 3 is 1.43 bits per heavy atom. The fourth-order valence-corrected chi connectivity index (χ4v) is 3.53. The SMILES string of the molecule is CCn1cc[n+](Cc2ccc(C[n+]3ccn(CC)c3)c3ccccc23)c1.CO.[I-].[I-]. The molecular weight excluding hydrogens is 602 g/mol. The Bertz CT molecular complexity index is 960. The van der Waals surface area contributed by atoms with Crippen LogP contribution < -0.4 is 57.1 Å². The number of aryl methyl sites for hydroxylation is 2. The molecule has 0 aliphatic carbocycles. The Morgan fingerprint density at radius 2 is 1.10 bits per heavy atom. The summed E-state index contributed by atoms with van der Waals surface area (Å²) in [6, 6.07) is 13.3. The van der Waals surface area contributed by atoms with Crippen molar-refractivity contribution in [2.24, 2.45) is 0 Å². The lowest BCUT2D eigenvalue weighted by Crippen LogP contribution is -3.00. The van der Waals surface area contributed by atoms with Gasteiger partial charge in [0.05, 0.1) is 13.1 Å². The van der Waals surface area contributed by atoms with Crippen molar-refractivity contribution in [1.29, 1.82) is 0 Å². The van der Waals surface area contributed by atoms with Gasteiger partial charge in [0.2, 0.25) is 12.7 Å². The van der Waals surface area contributed by atoms with Gasteiger partial charge in [0.1, 0.15) is 37.9 Å². The molecule has 162 valence electrons. The van der Waals surface area contributed by atoms with Gasteiger partial charge in [0.25, 0.3) is 0 Å². The largest absolute Gasteiger partial charge is 1.00 e. The first-order valence-electron chi connectivity index (χ1n) is 9.80. The van der Waals surface area contributed by atoms with E-state index in [1.807, 2.05) is 0 Å². The maximum absolute atomic E-state index is 7.00. The molecule has 4 aromatic rings. The highest BCUT2D eigenvalue weighted by Crippen LogP contribution is 2.23. The molecule has 0 aliphatic heterocycles. The van der Waals surface area contributed by atoms with Gasteiger partial charge < -0.3 is 53.1 Å². The van der Waals surface area contributed by atoms with Crippen molar-refractivity contribution in [2.45, 2.75) is 40.0 Å². The van der Waals surface area contributed by atoms with Gasteiger partial charge in [-0.2, -0.15) is 0 Å². The predicted molar refractivity (Wildman–Crippen MR) is 111 cm³/mol. The second-order valence-electron chi connectivity index (χ2n) is 6.76. The first-order chi connectivity index (χ1) is 13.8. The summed E-state index contributed by atoms with van der Waals surface area (Å²) in [4.78, 5) is 0. The Morgan fingerprint density at radius 1 is 0.700 bits per heavy atom. The molecule has 0 aliphatic rings. The van der Waals surface area contributed by atoms with Crippen LogP contribution in [0.25, 0.3) is 10.8 Å². The van der Waals surface area contributed by atoms with E-state index in [1.165, 1.54) is 21.9 Å². The van der Waals surface area contributed by atoms with Crippen LogP contribution in [0, 0.1) is 0 Å². The lowest BCUT2D eigenvalue weighted by molar-refractivity contribution is -0.688. The van der Waals surface area contributed by atoms with E-state index in [0.717, 1.165) is 33.3 Å². The molecule has 0 spiro atoms. The molecule has 0 radical (unpaired) electrons. The standard InChI is InChI=1S/C22H26N4.CH4O.2HI/c1-3-23-11-13-25(17-23)15-19-9-10-20(22-8-6-5-7-21(19)22)16-26-14-12-24(4-2)18-26;1-2;;/h5-14,17-18H,3-4,15-16H2,1-2H3;2H,1H3;2*1H/q+2;;;/p-2. The highest BCUT2D eigenvalue weighted by atomic mass is 127. The van der Waals surface area contributed by atoms with Crippen LogP contribution in [-0.2, 0) is 26.2 Å². The number of rotatable bonds is 6. The summed E-state index contributed by atoms with van der Waals surface area (Å²) in [5.74, 6) is 0. The monoisotopic (exact) mass is 632 g/mol. The molecular formula is C23H30I2N4O. The number of hydrogen-bond acceptors (Lipinski definition) is 1. The van der Waals surface area contributed by atoms with Crippen LogP contribution >= 0.6 is 0 Å². The zero-order valence-corrected chi connectivity index (χ0v) is 22.1. The first-order valence-corrected chi connectivity index (χ1v) is 9.80. The van der Waals surface area contributed by atoms with E-state index < -0.39 is 0 Å². The van der Waals surface area contributed by atoms with Crippen molar-refractivity contribution in [3.63, 3.8) is 0 Å². The van der Waals surface area contributed by atoms with Crippen LogP contribution in [-0.4, -0.2) is 21.4 Å². The van der Waals surface area contributed by atoms with Crippen LogP contribution in [0.2, 0.25) is 0 Å². The summed E-state index contributed by atoms with van der Waals surface area (Å²) >= 11 is 0. The Balaban J connectivity index is 0.00000109. The van der Waals surface area contributed by atoms with E-state index in [2.05, 4.69) is 106 Å². The van der Waals surface area contributed by atoms with Gasteiger partial charge in [0, 0.05) is 18.2 Å². The molecule has 30 heavy (non-hydrogen) atoms. The number of hydrogen-bond donors (Lipinski definition) is 1. The molecule has 5 nitrogen and oxygen atoms in total. The maximum Gasteiger partial charge on any atom is 0.244 e. The van der Waals surface area contributed by atoms with Crippen LogP contribution in [0.1, 0.15) is 25.0 Å². The fourth-order valence-electron chi connectivity index (χ4n) is 3.53. The zero-order valence-electron chi connectivity index (χ0n) is 17.7. The van der Waals surface area contributed by atoms with Crippen molar-refractivity contribution in [2.75, 3.05) is 7.11 Å². The fraction of sp³-hybridized carbons (Fsp3) is 0.304. The Kier molecular flexibility index (Phi) is 11.6. The molecule has 7 heteroatoms. The lowest BCUT2D eigenvalue weighted by atomic mass is 9.99. The van der Waals surface area contributed by atoms with Gasteiger partial charge in [0.15, 0.2) is 0 Å². The number of aliphatic hydroxyl groups is 1. The molecule has 2 aromatic heterocycles. The van der Waals surface area contributed by atoms with Crippen molar-refractivity contribution >= 4 is 10.8 Å². The normalized spacial score (nSPS) is 10.0. The molecule has 4 rings (SSSR count). The van der Waals surface area contributed by atoms with Gasteiger partial charge >= 0.3 is 0 Å². The van der Waals surface area contributed by atoms with Crippen molar-refractivity contribution in [1.82, 2.24) is 9.13 Å². The number of halogens is 2. The third-order valence-corrected chi connectivity index (χ3v) is 5.03. The molecule has 0 bridgehead atoms. The average Bonchev–Trinajstić information content (AvgIpc) is 3.40. The highest BCUT2D eigenvalue weighted by molar-refractivity contribution is 5.88. The average molecular weight is 632 g/mol. The van der Waals surface area contributed by atoms with E-state index >= 15 is 0 Å². The number of nitrogens with zero attached hydrogens (tertiary/aromatic N) is 4. The molecule has 0 fully saturated rings. The second-order valence-corrected chi connectivity index (χ2v) is 6.76. The van der Waals surface area contributed by atoms with Crippen molar-refractivity contribution in [3.8, 4) is 0 Å². The molecule has 0 atom stereocenters. The Hall–Kier alpha value is -1.46. The van der Waals surface area contributed by atoms with Crippen molar-refractivity contribution in [3.05, 3.63) is 85.0 Å². The van der Waals surface area contributed by atoms with Gasteiger partial charge in [-0.1, -0.05) is 36.4 Å². The van der Waals surface area contributed by atoms with Gasteiger partial charge in [-0.25, -0.2) is 18.3 Å². The number of aromatic nitrogens is 4. The lowest BCUT2D eigenvalue weighted by Gasteiger charge is -2.09. The third-order valence-electron chi connectivity index (χ3n) is 5.03. The quantitative estimate of drug-likeness (QED) is 0.177. The van der Waals surface area contributed by atoms with E-state index in [0.29, 0.717) is 0 Å². The topological polar surface area (TPSA) is 37.8 Å². The predicted octanol–water partition coefficient (Wildman–Crippen LogP) is -3.23.